The fourth-order valence-electron chi connectivity index (χ4n) is 3.53. The van der Waals surface area contributed by atoms with E-state index in [4.69, 9.17) is 0 Å². The van der Waals surface area contributed by atoms with Gasteiger partial charge in [0.25, 0.3) is 0 Å². The lowest BCUT2D eigenvalue weighted by atomic mass is 10.0. The van der Waals surface area contributed by atoms with Gasteiger partial charge in [0, 0.05) is 38.1 Å². The maximum atomic E-state index is 4.57. The van der Waals surface area contributed by atoms with Gasteiger partial charge in [-0.25, -0.2) is 4.98 Å². The van der Waals surface area contributed by atoms with Gasteiger partial charge in [-0.1, -0.05) is 25.1 Å². The van der Waals surface area contributed by atoms with E-state index in [0.29, 0.717) is 6.04 Å². The molecule has 2 aromatic heterocycles. The Balaban J connectivity index is 1.84. The lowest BCUT2D eigenvalue weighted by Crippen LogP contribution is -2.37. The van der Waals surface area contributed by atoms with Gasteiger partial charge in [0.2, 0.25) is 0 Å². The molecule has 5 heteroatoms. The number of imidazole rings is 1. The molecule has 120 valence electrons. The van der Waals surface area contributed by atoms with E-state index in [9.17, 15) is 0 Å². The van der Waals surface area contributed by atoms with Gasteiger partial charge < -0.3 is 9.13 Å². The number of rotatable bonds is 6. The summed E-state index contributed by atoms with van der Waals surface area (Å²) >= 11 is 1.73. The van der Waals surface area contributed by atoms with Gasteiger partial charge >= 0.3 is 0 Å². The second kappa shape index (κ2) is 6.92. The second-order valence-corrected chi connectivity index (χ2v) is 6.66. The van der Waals surface area contributed by atoms with Crippen molar-refractivity contribution >= 4 is 11.8 Å². The first-order chi connectivity index (χ1) is 10.8. The van der Waals surface area contributed by atoms with Crippen LogP contribution in [-0.4, -0.2) is 31.8 Å². The van der Waals surface area contributed by atoms with Crippen molar-refractivity contribution in [2.24, 2.45) is 0 Å². The molecule has 1 aliphatic rings. The van der Waals surface area contributed by atoms with E-state index in [0.717, 1.165) is 31.3 Å². The quantitative estimate of drug-likeness (QED) is 0.758. The van der Waals surface area contributed by atoms with Crippen LogP contribution in [0.15, 0.2) is 29.7 Å². The van der Waals surface area contributed by atoms with Gasteiger partial charge in [0.05, 0.1) is 17.9 Å². The largest absolute Gasteiger partial charge is 0.349 e. The zero-order chi connectivity index (χ0) is 15.5. The Morgan fingerprint density at radius 2 is 2.18 bits per heavy atom. The van der Waals surface area contributed by atoms with Gasteiger partial charge in [-0.2, -0.15) is 0 Å². The SMILES string of the molecule is CCCC1c2cccn2CCN1Cc1cnc(SC)n1CC. The Labute approximate surface area is 137 Å². The van der Waals surface area contributed by atoms with Crippen LogP contribution in [-0.2, 0) is 19.6 Å². The highest BCUT2D eigenvalue weighted by Gasteiger charge is 2.27. The maximum Gasteiger partial charge on any atom is 0.167 e. The summed E-state index contributed by atoms with van der Waals surface area (Å²) in [6, 6.07) is 5.01. The normalized spacial score (nSPS) is 18.6. The summed E-state index contributed by atoms with van der Waals surface area (Å²) in [6.45, 7) is 8.69. The summed E-state index contributed by atoms with van der Waals surface area (Å²) in [6.07, 6.45) is 8.82. The van der Waals surface area contributed by atoms with Crippen molar-refractivity contribution in [1.29, 1.82) is 0 Å². The average molecular weight is 318 g/mol. The minimum Gasteiger partial charge on any atom is -0.349 e. The predicted molar refractivity (Wildman–Crippen MR) is 92.2 cm³/mol. The number of thioether (sulfide) groups is 1. The van der Waals surface area contributed by atoms with Crippen LogP contribution in [0.1, 0.15) is 44.1 Å². The highest BCUT2D eigenvalue weighted by molar-refractivity contribution is 7.98. The van der Waals surface area contributed by atoms with Crippen LogP contribution in [0, 0.1) is 0 Å². The van der Waals surface area contributed by atoms with Crippen LogP contribution in [0.5, 0.6) is 0 Å². The topological polar surface area (TPSA) is 26.0 Å². The molecule has 3 rings (SSSR count). The van der Waals surface area contributed by atoms with Crippen molar-refractivity contribution in [2.75, 3.05) is 12.8 Å². The third-order valence-electron chi connectivity index (χ3n) is 4.60. The van der Waals surface area contributed by atoms with Crippen molar-refractivity contribution in [1.82, 2.24) is 19.0 Å². The summed E-state index contributed by atoms with van der Waals surface area (Å²) in [4.78, 5) is 7.20. The van der Waals surface area contributed by atoms with Crippen molar-refractivity contribution in [3.05, 3.63) is 35.9 Å². The highest BCUT2D eigenvalue weighted by atomic mass is 32.2. The van der Waals surface area contributed by atoms with E-state index in [1.165, 1.54) is 24.2 Å². The van der Waals surface area contributed by atoms with E-state index in [1.807, 2.05) is 0 Å². The first-order valence-electron chi connectivity index (χ1n) is 8.26. The monoisotopic (exact) mass is 318 g/mol. The fourth-order valence-corrected chi connectivity index (χ4v) is 4.16. The Morgan fingerprint density at radius 1 is 1.32 bits per heavy atom. The summed E-state index contributed by atoms with van der Waals surface area (Å²) in [5, 5.41) is 1.13. The molecule has 0 aliphatic carbocycles. The minimum absolute atomic E-state index is 0.534. The van der Waals surface area contributed by atoms with E-state index in [1.54, 1.807) is 11.8 Å². The molecule has 1 unspecified atom stereocenters. The zero-order valence-electron chi connectivity index (χ0n) is 13.8. The van der Waals surface area contributed by atoms with Crippen molar-refractivity contribution in [3.8, 4) is 0 Å². The first-order valence-corrected chi connectivity index (χ1v) is 9.48. The number of hydrogen-bond donors (Lipinski definition) is 0. The number of aromatic nitrogens is 3. The van der Waals surface area contributed by atoms with E-state index in [2.05, 4.69) is 63.6 Å². The summed E-state index contributed by atoms with van der Waals surface area (Å²) in [5.74, 6) is 0. The molecule has 0 fully saturated rings. The van der Waals surface area contributed by atoms with Crippen LogP contribution < -0.4 is 0 Å². The molecule has 1 atom stereocenters. The third-order valence-corrected chi connectivity index (χ3v) is 5.29. The lowest BCUT2D eigenvalue weighted by molar-refractivity contribution is 0.136. The third kappa shape index (κ3) is 2.84. The van der Waals surface area contributed by atoms with E-state index >= 15 is 0 Å². The van der Waals surface area contributed by atoms with Gasteiger partial charge in [-0.05, 0) is 31.7 Å². The second-order valence-electron chi connectivity index (χ2n) is 5.88. The van der Waals surface area contributed by atoms with Gasteiger partial charge in [-0.3, -0.25) is 4.90 Å². The van der Waals surface area contributed by atoms with Crippen LogP contribution in [0.4, 0.5) is 0 Å². The van der Waals surface area contributed by atoms with Crippen LogP contribution >= 0.6 is 11.8 Å². The Hall–Kier alpha value is -1.20. The molecule has 0 amide bonds. The minimum atomic E-state index is 0.534. The van der Waals surface area contributed by atoms with Gasteiger partial charge in [-0.15, -0.1) is 0 Å². The number of fused-ring (bicyclic) bond motifs is 1. The Morgan fingerprint density at radius 3 is 2.91 bits per heavy atom. The molecular weight excluding hydrogens is 292 g/mol. The molecule has 1 aliphatic heterocycles. The van der Waals surface area contributed by atoms with E-state index in [-0.39, 0.29) is 0 Å². The van der Waals surface area contributed by atoms with Crippen molar-refractivity contribution < 1.29 is 0 Å². The lowest BCUT2D eigenvalue weighted by Gasteiger charge is -2.37. The molecule has 4 nitrogen and oxygen atoms in total. The average Bonchev–Trinajstić information content (AvgIpc) is 3.15. The molecule has 0 bridgehead atoms. The number of hydrogen-bond acceptors (Lipinski definition) is 3. The molecule has 0 saturated heterocycles. The smallest absolute Gasteiger partial charge is 0.167 e. The zero-order valence-corrected chi connectivity index (χ0v) is 14.6. The van der Waals surface area contributed by atoms with Crippen molar-refractivity contribution in [2.45, 2.75) is 57.5 Å². The van der Waals surface area contributed by atoms with Crippen LogP contribution in [0.25, 0.3) is 0 Å². The standard InChI is InChI=1S/C17H26N4S/c1-4-7-15-16-8-6-9-19(16)10-11-20(15)13-14-12-18-17(22-3)21(14)5-2/h6,8-9,12,15H,4-5,7,10-11,13H2,1-3H3. The molecule has 0 saturated carbocycles. The first kappa shape index (κ1) is 15.7. The maximum absolute atomic E-state index is 4.57. The molecule has 0 N–H and O–H groups in total. The van der Waals surface area contributed by atoms with Crippen LogP contribution in [0.2, 0.25) is 0 Å². The molecule has 0 spiro atoms. The summed E-state index contributed by atoms with van der Waals surface area (Å²) in [5.41, 5.74) is 2.81. The Bertz CT molecular complexity index is 616. The van der Waals surface area contributed by atoms with Gasteiger partial charge in [0.1, 0.15) is 0 Å². The van der Waals surface area contributed by atoms with Gasteiger partial charge in [0.15, 0.2) is 5.16 Å². The van der Waals surface area contributed by atoms with Crippen LogP contribution in [0.3, 0.4) is 0 Å². The predicted octanol–water partition coefficient (Wildman–Crippen LogP) is 3.78. The van der Waals surface area contributed by atoms with Crippen molar-refractivity contribution in [3.63, 3.8) is 0 Å². The Kier molecular flexibility index (Phi) is 4.93. The molecule has 3 heterocycles. The summed E-state index contributed by atoms with van der Waals surface area (Å²) in [7, 11) is 0. The molecule has 0 radical (unpaired) electrons. The highest BCUT2D eigenvalue weighted by Crippen LogP contribution is 2.31. The molecule has 22 heavy (non-hydrogen) atoms. The fraction of sp³-hybridized carbons (Fsp3) is 0.588. The summed E-state index contributed by atoms with van der Waals surface area (Å²) < 4.78 is 4.77. The molecule has 2 aromatic rings. The molecular formula is C17H26N4S. The van der Waals surface area contributed by atoms with E-state index < -0.39 is 0 Å². The molecule has 0 aromatic carbocycles. The number of nitrogens with zero attached hydrogens (tertiary/aromatic N) is 4.